The van der Waals surface area contributed by atoms with Crippen molar-refractivity contribution in [2.24, 2.45) is 0 Å². The van der Waals surface area contributed by atoms with Gasteiger partial charge in [-0.2, -0.15) is 0 Å². The molecule has 6 nitrogen and oxygen atoms in total. The number of carboxylic acids is 1. The van der Waals surface area contributed by atoms with Crippen molar-refractivity contribution in [2.45, 2.75) is 32.7 Å². The molecule has 0 atom stereocenters. The molecule has 0 spiro atoms. The number of nitrogens with zero attached hydrogens (tertiary/aromatic N) is 1. The van der Waals surface area contributed by atoms with Crippen molar-refractivity contribution < 1.29 is 18.3 Å². The van der Waals surface area contributed by atoms with E-state index in [9.17, 15) is 13.2 Å². The molecule has 0 saturated carbocycles. The third kappa shape index (κ3) is 5.56. The van der Waals surface area contributed by atoms with Gasteiger partial charge in [0, 0.05) is 17.5 Å². The van der Waals surface area contributed by atoms with Crippen molar-refractivity contribution in [1.29, 1.82) is 0 Å². The van der Waals surface area contributed by atoms with Crippen molar-refractivity contribution in [2.75, 3.05) is 5.75 Å². The van der Waals surface area contributed by atoms with Crippen LogP contribution in [0.5, 0.6) is 0 Å². The number of rotatable bonds is 8. The quantitative estimate of drug-likeness (QED) is 0.745. The molecule has 1 aromatic heterocycles. The summed E-state index contributed by atoms with van der Waals surface area (Å²) in [7, 11) is -3.42. The zero-order valence-electron chi connectivity index (χ0n) is 10.0. The van der Waals surface area contributed by atoms with Gasteiger partial charge in [0.05, 0.1) is 12.3 Å². The lowest BCUT2D eigenvalue weighted by atomic mass is 10.3. The number of sulfonamides is 1. The average molecular weight is 292 g/mol. The summed E-state index contributed by atoms with van der Waals surface area (Å²) in [5.41, 5.74) is 0. The molecule has 0 unspecified atom stereocenters. The molecular formula is C10H16N2O4S2. The van der Waals surface area contributed by atoms with Gasteiger partial charge in [-0.25, -0.2) is 18.1 Å². The van der Waals surface area contributed by atoms with Crippen molar-refractivity contribution >= 4 is 27.3 Å². The maximum atomic E-state index is 11.5. The van der Waals surface area contributed by atoms with Crippen molar-refractivity contribution in [1.82, 2.24) is 9.71 Å². The molecule has 1 aromatic rings. The van der Waals surface area contributed by atoms with E-state index in [2.05, 4.69) is 9.71 Å². The first-order valence-electron chi connectivity index (χ1n) is 5.55. The Labute approximate surface area is 110 Å². The molecule has 0 aliphatic rings. The molecule has 0 saturated heterocycles. The van der Waals surface area contributed by atoms with E-state index in [1.807, 2.05) is 6.92 Å². The molecule has 0 amide bonds. The molecule has 0 aromatic carbocycles. The van der Waals surface area contributed by atoms with E-state index < -0.39 is 16.0 Å². The molecule has 0 radical (unpaired) electrons. The Bertz CT molecular complexity index is 496. The first-order chi connectivity index (χ1) is 8.43. The minimum Gasteiger partial charge on any atom is -0.481 e. The average Bonchev–Trinajstić information content (AvgIpc) is 2.73. The van der Waals surface area contributed by atoms with Crippen LogP contribution in [0.25, 0.3) is 0 Å². The van der Waals surface area contributed by atoms with Gasteiger partial charge in [-0.3, -0.25) is 4.79 Å². The van der Waals surface area contributed by atoms with Crippen LogP contribution in [0.1, 0.15) is 29.7 Å². The zero-order chi connectivity index (χ0) is 13.6. The molecule has 18 heavy (non-hydrogen) atoms. The summed E-state index contributed by atoms with van der Waals surface area (Å²) in [6.45, 7) is 2.17. The number of thiazole rings is 1. The van der Waals surface area contributed by atoms with E-state index in [-0.39, 0.29) is 25.1 Å². The van der Waals surface area contributed by atoms with Crippen LogP contribution in [-0.2, 0) is 27.8 Å². The molecule has 0 bridgehead atoms. The highest BCUT2D eigenvalue weighted by molar-refractivity contribution is 7.89. The van der Waals surface area contributed by atoms with Gasteiger partial charge < -0.3 is 5.11 Å². The molecule has 8 heteroatoms. The lowest BCUT2D eigenvalue weighted by Crippen LogP contribution is -2.26. The molecule has 0 aliphatic heterocycles. The van der Waals surface area contributed by atoms with E-state index in [0.29, 0.717) is 5.01 Å². The number of nitrogens with one attached hydrogen (secondary N) is 1. The fourth-order valence-corrected chi connectivity index (χ4v) is 3.17. The highest BCUT2D eigenvalue weighted by Gasteiger charge is 2.12. The Morgan fingerprint density at radius 1 is 1.56 bits per heavy atom. The first-order valence-corrected chi connectivity index (χ1v) is 8.02. The van der Waals surface area contributed by atoms with Gasteiger partial charge in [0.25, 0.3) is 0 Å². The molecule has 1 heterocycles. The van der Waals surface area contributed by atoms with E-state index in [0.717, 1.165) is 11.3 Å². The Morgan fingerprint density at radius 3 is 2.83 bits per heavy atom. The standard InChI is InChI=1S/C10H16N2O4S2/c1-2-8-6-11-9(17-8)7-12-18(15,16)5-3-4-10(13)14/h6,12H,2-5,7H2,1H3,(H,13,14). The van der Waals surface area contributed by atoms with Gasteiger partial charge >= 0.3 is 5.97 Å². The van der Waals surface area contributed by atoms with Gasteiger partial charge in [0.1, 0.15) is 5.01 Å². The van der Waals surface area contributed by atoms with Crippen molar-refractivity contribution in [3.63, 3.8) is 0 Å². The summed E-state index contributed by atoms with van der Waals surface area (Å²) in [6, 6.07) is 0. The summed E-state index contributed by atoms with van der Waals surface area (Å²) >= 11 is 1.47. The predicted molar refractivity (Wildman–Crippen MR) is 69.0 cm³/mol. The van der Waals surface area contributed by atoms with Crippen LogP contribution in [0.15, 0.2) is 6.20 Å². The van der Waals surface area contributed by atoms with E-state index >= 15 is 0 Å². The number of aryl methyl sites for hydroxylation is 1. The second-order valence-corrected chi connectivity index (χ2v) is 6.84. The van der Waals surface area contributed by atoms with Crippen LogP contribution in [0.4, 0.5) is 0 Å². The Hall–Kier alpha value is -0.990. The third-order valence-electron chi connectivity index (χ3n) is 2.20. The molecule has 102 valence electrons. The van der Waals surface area contributed by atoms with Gasteiger partial charge in [-0.1, -0.05) is 6.92 Å². The predicted octanol–water partition coefficient (Wildman–Crippen LogP) is 0.990. The first kappa shape index (κ1) is 15.1. The maximum Gasteiger partial charge on any atom is 0.303 e. The highest BCUT2D eigenvalue weighted by atomic mass is 32.2. The summed E-state index contributed by atoms with van der Waals surface area (Å²) in [6.07, 6.45) is 2.59. The Kier molecular flexibility index (Phi) is 5.70. The molecule has 2 N–H and O–H groups in total. The summed E-state index contributed by atoms with van der Waals surface area (Å²) < 4.78 is 25.5. The largest absolute Gasteiger partial charge is 0.481 e. The minimum atomic E-state index is -3.42. The molecule has 0 aliphatic carbocycles. The monoisotopic (exact) mass is 292 g/mol. The normalized spacial score (nSPS) is 11.6. The second-order valence-electron chi connectivity index (χ2n) is 3.71. The number of hydrogen-bond donors (Lipinski definition) is 2. The van der Waals surface area contributed by atoms with Crippen LogP contribution in [-0.4, -0.2) is 30.2 Å². The molecule has 0 fully saturated rings. The van der Waals surface area contributed by atoms with E-state index in [1.165, 1.54) is 11.3 Å². The highest BCUT2D eigenvalue weighted by Crippen LogP contribution is 2.13. The number of hydrogen-bond acceptors (Lipinski definition) is 5. The maximum absolute atomic E-state index is 11.5. The van der Waals surface area contributed by atoms with Crippen LogP contribution >= 0.6 is 11.3 Å². The third-order valence-corrected chi connectivity index (χ3v) is 4.75. The fourth-order valence-electron chi connectivity index (χ4n) is 1.25. The topological polar surface area (TPSA) is 96.4 Å². The second kappa shape index (κ2) is 6.81. The van der Waals surface area contributed by atoms with E-state index in [4.69, 9.17) is 5.11 Å². The number of carboxylic acid groups (broad SMARTS) is 1. The molecular weight excluding hydrogens is 276 g/mol. The Morgan fingerprint density at radius 2 is 2.28 bits per heavy atom. The van der Waals surface area contributed by atoms with Crippen molar-refractivity contribution in [3.05, 3.63) is 16.1 Å². The number of carbonyl (C=O) groups is 1. The summed E-state index contributed by atoms with van der Waals surface area (Å²) in [5, 5.41) is 9.14. The zero-order valence-corrected chi connectivity index (χ0v) is 11.7. The lowest BCUT2D eigenvalue weighted by Gasteiger charge is -2.03. The van der Waals surface area contributed by atoms with Gasteiger partial charge in [0.15, 0.2) is 0 Å². The van der Waals surface area contributed by atoms with Gasteiger partial charge in [-0.05, 0) is 12.8 Å². The van der Waals surface area contributed by atoms with Crippen LogP contribution < -0.4 is 4.72 Å². The van der Waals surface area contributed by atoms with Crippen LogP contribution in [0, 0.1) is 0 Å². The summed E-state index contributed by atoms with van der Waals surface area (Å²) in [5.74, 6) is -1.16. The summed E-state index contributed by atoms with van der Waals surface area (Å²) in [4.78, 5) is 15.5. The van der Waals surface area contributed by atoms with Crippen LogP contribution in [0.2, 0.25) is 0 Å². The number of aromatic nitrogens is 1. The smallest absolute Gasteiger partial charge is 0.303 e. The molecule has 1 rings (SSSR count). The number of aliphatic carboxylic acids is 1. The van der Waals surface area contributed by atoms with Gasteiger partial charge in [0.2, 0.25) is 10.0 Å². The Balaban J connectivity index is 2.39. The van der Waals surface area contributed by atoms with Gasteiger partial charge in [-0.15, -0.1) is 11.3 Å². The SMILES string of the molecule is CCc1cnc(CNS(=O)(=O)CCCC(=O)O)s1. The minimum absolute atomic E-state index is 0.114. The van der Waals surface area contributed by atoms with Crippen molar-refractivity contribution in [3.8, 4) is 0 Å². The van der Waals surface area contributed by atoms with Crippen LogP contribution in [0.3, 0.4) is 0 Å². The lowest BCUT2D eigenvalue weighted by molar-refractivity contribution is -0.137. The fraction of sp³-hybridized carbons (Fsp3) is 0.600. The van der Waals surface area contributed by atoms with E-state index in [1.54, 1.807) is 6.20 Å².